The second-order valence-electron chi connectivity index (χ2n) is 6.67. The van der Waals surface area contributed by atoms with Crippen molar-refractivity contribution in [2.45, 2.75) is 58.9 Å². The molecule has 0 spiro atoms. The molecule has 0 saturated heterocycles. The molecule has 1 fully saturated rings. The first-order chi connectivity index (χ1) is 9.29. The van der Waals surface area contributed by atoms with Gasteiger partial charge in [0.2, 0.25) is 5.91 Å². The predicted octanol–water partition coefficient (Wildman–Crippen LogP) is 1.76. The number of amides is 1. The lowest BCUT2D eigenvalue weighted by atomic mass is 9.84. The molecule has 3 atom stereocenters. The van der Waals surface area contributed by atoms with Gasteiger partial charge in [0.05, 0.1) is 5.41 Å². The zero-order valence-corrected chi connectivity index (χ0v) is 12.8. The first-order valence-corrected chi connectivity index (χ1v) is 7.52. The van der Waals surface area contributed by atoms with Crippen LogP contribution in [0.25, 0.3) is 0 Å². The van der Waals surface area contributed by atoms with Crippen LogP contribution in [0, 0.1) is 17.3 Å². The molecule has 0 aromatic carbocycles. The van der Waals surface area contributed by atoms with Crippen LogP contribution in [0.3, 0.4) is 0 Å². The number of carboxylic acids is 1. The normalized spacial score (nSPS) is 27.6. The number of nitrogens with one attached hydrogen (secondary N) is 1. The van der Waals surface area contributed by atoms with Crippen LogP contribution in [0.2, 0.25) is 0 Å². The summed E-state index contributed by atoms with van der Waals surface area (Å²) in [5, 5.41) is 12.2. The van der Waals surface area contributed by atoms with Gasteiger partial charge in [0.1, 0.15) is 0 Å². The Bertz CT molecular complexity index is 357. The van der Waals surface area contributed by atoms with Crippen LogP contribution in [0.4, 0.5) is 0 Å². The highest BCUT2D eigenvalue weighted by molar-refractivity contribution is 5.80. The van der Waals surface area contributed by atoms with Crippen LogP contribution in [0.15, 0.2) is 0 Å². The van der Waals surface area contributed by atoms with Gasteiger partial charge in [-0.1, -0.05) is 20.3 Å². The maximum Gasteiger partial charge on any atom is 0.311 e. The van der Waals surface area contributed by atoms with Gasteiger partial charge in [-0.15, -0.1) is 0 Å². The monoisotopic (exact) mass is 284 g/mol. The van der Waals surface area contributed by atoms with E-state index >= 15 is 0 Å². The van der Waals surface area contributed by atoms with Gasteiger partial charge in [0, 0.05) is 12.5 Å². The SMILES string of the molecule is CC(C)C[C@H](CN)CC(=O)NC1CCCC1(C)C(=O)O. The number of aliphatic carboxylic acids is 1. The lowest BCUT2D eigenvalue weighted by molar-refractivity contribution is -0.149. The summed E-state index contributed by atoms with van der Waals surface area (Å²) in [4.78, 5) is 23.5. The minimum atomic E-state index is -0.827. The van der Waals surface area contributed by atoms with Gasteiger partial charge in [-0.3, -0.25) is 9.59 Å². The Morgan fingerprint density at radius 2 is 2.10 bits per heavy atom. The molecule has 1 aliphatic carbocycles. The molecule has 1 aliphatic rings. The number of carbonyl (C=O) groups is 2. The Kier molecular flexibility index (Phi) is 5.99. The molecule has 20 heavy (non-hydrogen) atoms. The number of hydrogen-bond acceptors (Lipinski definition) is 3. The van der Waals surface area contributed by atoms with Crippen molar-refractivity contribution in [3.8, 4) is 0 Å². The van der Waals surface area contributed by atoms with E-state index in [1.807, 2.05) is 0 Å². The standard InChI is InChI=1S/C15H28N2O3/c1-10(2)7-11(9-16)8-13(18)17-12-5-4-6-15(12,3)14(19)20/h10-12H,4-9,16H2,1-3H3,(H,17,18)(H,19,20)/t11-,12?,15?/m0/s1. The van der Waals surface area contributed by atoms with E-state index in [1.54, 1.807) is 6.92 Å². The maximum absolute atomic E-state index is 12.1. The summed E-state index contributed by atoms with van der Waals surface area (Å²) in [6.45, 7) is 6.44. The second-order valence-corrected chi connectivity index (χ2v) is 6.67. The molecule has 0 heterocycles. The van der Waals surface area contributed by atoms with Crippen LogP contribution in [0.1, 0.15) is 52.9 Å². The molecule has 116 valence electrons. The largest absolute Gasteiger partial charge is 0.481 e. The Morgan fingerprint density at radius 1 is 1.45 bits per heavy atom. The molecule has 5 heteroatoms. The lowest BCUT2D eigenvalue weighted by Crippen LogP contribution is -2.47. The predicted molar refractivity (Wildman–Crippen MR) is 78.1 cm³/mol. The van der Waals surface area contributed by atoms with Gasteiger partial charge in [-0.2, -0.15) is 0 Å². The zero-order valence-electron chi connectivity index (χ0n) is 12.8. The van der Waals surface area contributed by atoms with Crippen LogP contribution in [-0.4, -0.2) is 29.6 Å². The molecule has 4 N–H and O–H groups in total. The number of carbonyl (C=O) groups excluding carboxylic acids is 1. The Balaban J connectivity index is 2.55. The van der Waals surface area contributed by atoms with Crippen molar-refractivity contribution in [1.29, 1.82) is 0 Å². The van der Waals surface area contributed by atoms with E-state index in [0.717, 1.165) is 19.3 Å². The number of carboxylic acid groups (broad SMARTS) is 1. The molecule has 1 amide bonds. The van der Waals surface area contributed by atoms with Gasteiger partial charge in [0.25, 0.3) is 0 Å². The number of rotatable bonds is 7. The van der Waals surface area contributed by atoms with E-state index in [-0.39, 0.29) is 17.9 Å². The fraction of sp³-hybridized carbons (Fsp3) is 0.867. The van der Waals surface area contributed by atoms with Crippen molar-refractivity contribution in [3.63, 3.8) is 0 Å². The van der Waals surface area contributed by atoms with Gasteiger partial charge in [-0.25, -0.2) is 0 Å². The summed E-state index contributed by atoms with van der Waals surface area (Å²) in [6.07, 6.45) is 3.53. The fourth-order valence-corrected chi connectivity index (χ4v) is 3.10. The summed E-state index contributed by atoms with van der Waals surface area (Å²) in [5.74, 6) is -0.210. The second kappa shape index (κ2) is 7.07. The van der Waals surface area contributed by atoms with E-state index in [2.05, 4.69) is 19.2 Å². The number of nitrogens with two attached hydrogens (primary N) is 1. The molecule has 5 nitrogen and oxygen atoms in total. The van der Waals surface area contributed by atoms with E-state index < -0.39 is 11.4 Å². The quantitative estimate of drug-likeness (QED) is 0.664. The van der Waals surface area contributed by atoms with Crippen LogP contribution < -0.4 is 11.1 Å². The highest BCUT2D eigenvalue weighted by atomic mass is 16.4. The van der Waals surface area contributed by atoms with E-state index in [1.165, 1.54) is 0 Å². The first kappa shape index (κ1) is 17.0. The van der Waals surface area contributed by atoms with Crippen molar-refractivity contribution < 1.29 is 14.7 Å². The average molecular weight is 284 g/mol. The fourth-order valence-electron chi connectivity index (χ4n) is 3.10. The maximum atomic E-state index is 12.1. The molecule has 1 rings (SSSR count). The summed E-state index contributed by atoms with van der Waals surface area (Å²) >= 11 is 0. The minimum absolute atomic E-state index is 0.0690. The van der Waals surface area contributed by atoms with E-state index in [0.29, 0.717) is 25.3 Å². The summed E-state index contributed by atoms with van der Waals surface area (Å²) in [6, 6.07) is -0.259. The Morgan fingerprint density at radius 3 is 2.60 bits per heavy atom. The molecule has 0 aromatic rings. The van der Waals surface area contributed by atoms with E-state index in [4.69, 9.17) is 5.73 Å². The van der Waals surface area contributed by atoms with Gasteiger partial charge in [0.15, 0.2) is 0 Å². The third-order valence-electron chi connectivity index (χ3n) is 4.39. The molecule has 0 aliphatic heterocycles. The summed E-state index contributed by atoms with van der Waals surface area (Å²) in [7, 11) is 0. The smallest absolute Gasteiger partial charge is 0.311 e. The van der Waals surface area contributed by atoms with Gasteiger partial charge in [-0.05, 0) is 44.6 Å². The lowest BCUT2D eigenvalue weighted by Gasteiger charge is -2.28. The van der Waals surface area contributed by atoms with Gasteiger partial charge >= 0.3 is 5.97 Å². The minimum Gasteiger partial charge on any atom is -0.481 e. The van der Waals surface area contributed by atoms with Crippen LogP contribution >= 0.6 is 0 Å². The molecule has 2 unspecified atom stereocenters. The average Bonchev–Trinajstić information content (AvgIpc) is 2.70. The first-order valence-electron chi connectivity index (χ1n) is 7.52. The third-order valence-corrected chi connectivity index (χ3v) is 4.39. The third kappa shape index (κ3) is 4.20. The Labute approximate surface area is 121 Å². The number of hydrogen-bond donors (Lipinski definition) is 3. The van der Waals surface area contributed by atoms with Crippen molar-refractivity contribution in [1.82, 2.24) is 5.32 Å². The molecule has 0 aromatic heterocycles. The molecule has 0 radical (unpaired) electrons. The Hall–Kier alpha value is -1.10. The van der Waals surface area contributed by atoms with Crippen molar-refractivity contribution in [2.75, 3.05) is 6.54 Å². The molecule has 0 bridgehead atoms. The van der Waals surface area contributed by atoms with Crippen molar-refractivity contribution in [2.24, 2.45) is 23.0 Å². The van der Waals surface area contributed by atoms with E-state index in [9.17, 15) is 14.7 Å². The van der Waals surface area contributed by atoms with Crippen LogP contribution in [0.5, 0.6) is 0 Å². The van der Waals surface area contributed by atoms with Crippen LogP contribution in [-0.2, 0) is 9.59 Å². The van der Waals surface area contributed by atoms with Gasteiger partial charge < -0.3 is 16.2 Å². The molecular weight excluding hydrogens is 256 g/mol. The highest BCUT2D eigenvalue weighted by Gasteiger charge is 2.45. The topological polar surface area (TPSA) is 92.4 Å². The van der Waals surface area contributed by atoms with Crippen molar-refractivity contribution in [3.05, 3.63) is 0 Å². The summed E-state index contributed by atoms with van der Waals surface area (Å²) < 4.78 is 0. The molecule has 1 saturated carbocycles. The zero-order chi connectivity index (χ0) is 15.3. The molecular formula is C15H28N2O3. The highest BCUT2D eigenvalue weighted by Crippen LogP contribution is 2.38. The van der Waals surface area contributed by atoms with Crippen molar-refractivity contribution >= 4 is 11.9 Å². The summed E-state index contributed by atoms with van der Waals surface area (Å²) in [5.41, 5.74) is 4.88.